The van der Waals surface area contributed by atoms with Gasteiger partial charge in [-0.2, -0.15) is 5.10 Å². The molecule has 26 heavy (non-hydrogen) atoms. The number of para-hydroxylation sites is 1. The first kappa shape index (κ1) is 16.5. The number of benzene rings is 1. The minimum atomic E-state index is -0.149. The van der Waals surface area contributed by atoms with Crippen LogP contribution in [0.2, 0.25) is 0 Å². The Balaban J connectivity index is 1.65. The number of hydrogen-bond donors (Lipinski definition) is 0. The van der Waals surface area contributed by atoms with Gasteiger partial charge in [-0.05, 0) is 31.9 Å². The van der Waals surface area contributed by atoms with Crippen molar-refractivity contribution in [3.8, 4) is 5.69 Å². The van der Waals surface area contributed by atoms with Crippen LogP contribution in [0.15, 0.2) is 41.3 Å². The van der Waals surface area contributed by atoms with E-state index in [1.54, 1.807) is 22.4 Å². The lowest BCUT2D eigenvalue weighted by molar-refractivity contribution is -0.130. The van der Waals surface area contributed by atoms with Crippen LogP contribution in [-0.4, -0.2) is 43.2 Å². The highest BCUT2D eigenvalue weighted by Crippen LogP contribution is 2.15. The molecule has 1 aromatic carbocycles. The van der Waals surface area contributed by atoms with E-state index in [1.807, 2.05) is 35.2 Å². The van der Waals surface area contributed by atoms with Crippen molar-refractivity contribution < 1.29 is 4.79 Å². The summed E-state index contributed by atoms with van der Waals surface area (Å²) in [6.07, 6.45) is 4.00. The summed E-state index contributed by atoms with van der Waals surface area (Å²) < 4.78 is 3.25. The quantitative estimate of drug-likeness (QED) is 0.720. The average Bonchev–Trinajstić information content (AvgIpc) is 3.32. The maximum Gasteiger partial charge on any atom is 0.264 e. The van der Waals surface area contributed by atoms with E-state index in [1.165, 1.54) is 0 Å². The standard InChI is InChI=1S/C19H21N5O2/c1-14-21-18-16(13-20-24(18)15-7-3-2-4-8-15)19(26)23(14)12-9-17(25)22-10-5-6-11-22/h2-4,7-8,13H,5-6,9-12H2,1H3. The fourth-order valence-electron chi connectivity index (χ4n) is 3.46. The van der Waals surface area contributed by atoms with Crippen LogP contribution in [0.25, 0.3) is 16.7 Å². The Labute approximate surface area is 150 Å². The van der Waals surface area contributed by atoms with Gasteiger partial charge in [-0.15, -0.1) is 0 Å². The second-order valence-electron chi connectivity index (χ2n) is 6.58. The lowest BCUT2D eigenvalue weighted by Gasteiger charge is -2.16. The SMILES string of the molecule is Cc1nc2c(cnn2-c2ccccc2)c(=O)n1CCC(=O)N1CCCC1. The van der Waals surface area contributed by atoms with Gasteiger partial charge in [0.05, 0.1) is 11.9 Å². The van der Waals surface area contributed by atoms with Gasteiger partial charge in [0, 0.05) is 26.1 Å². The zero-order valence-corrected chi connectivity index (χ0v) is 14.8. The number of hydrogen-bond acceptors (Lipinski definition) is 4. The molecule has 0 spiro atoms. The molecule has 1 amide bonds. The Morgan fingerprint density at radius 3 is 2.62 bits per heavy atom. The Kier molecular flexibility index (Phi) is 4.28. The number of carbonyl (C=O) groups is 1. The molecular formula is C19H21N5O2. The third-order valence-corrected chi connectivity index (χ3v) is 4.89. The largest absolute Gasteiger partial charge is 0.343 e. The van der Waals surface area contributed by atoms with Crippen molar-refractivity contribution >= 4 is 16.9 Å². The molecule has 3 heterocycles. The first-order valence-corrected chi connectivity index (χ1v) is 8.93. The highest BCUT2D eigenvalue weighted by atomic mass is 16.2. The lowest BCUT2D eigenvalue weighted by Crippen LogP contribution is -2.31. The molecule has 0 atom stereocenters. The van der Waals surface area contributed by atoms with Crippen LogP contribution < -0.4 is 5.56 Å². The first-order chi connectivity index (χ1) is 12.6. The van der Waals surface area contributed by atoms with Crippen LogP contribution in [0.5, 0.6) is 0 Å². The normalized spacial score (nSPS) is 14.3. The molecule has 1 fully saturated rings. The summed E-state index contributed by atoms with van der Waals surface area (Å²) in [4.78, 5) is 31.6. The number of rotatable bonds is 4. The van der Waals surface area contributed by atoms with E-state index in [4.69, 9.17) is 0 Å². The van der Waals surface area contributed by atoms with Gasteiger partial charge >= 0.3 is 0 Å². The van der Waals surface area contributed by atoms with Crippen LogP contribution >= 0.6 is 0 Å². The van der Waals surface area contributed by atoms with Crippen LogP contribution in [0.1, 0.15) is 25.1 Å². The third-order valence-electron chi connectivity index (χ3n) is 4.89. The summed E-state index contributed by atoms with van der Waals surface area (Å²) in [5, 5.41) is 4.80. The van der Waals surface area contributed by atoms with E-state index in [9.17, 15) is 9.59 Å². The van der Waals surface area contributed by atoms with Crippen molar-refractivity contribution in [1.29, 1.82) is 0 Å². The van der Waals surface area contributed by atoms with Crippen molar-refractivity contribution in [3.05, 3.63) is 52.7 Å². The Morgan fingerprint density at radius 1 is 1.15 bits per heavy atom. The number of aromatic nitrogens is 4. The van der Waals surface area contributed by atoms with Crippen molar-refractivity contribution in [1.82, 2.24) is 24.2 Å². The molecule has 1 saturated heterocycles. The molecule has 7 heteroatoms. The molecule has 4 rings (SSSR count). The van der Waals surface area contributed by atoms with Gasteiger partial charge in [-0.3, -0.25) is 14.2 Å². The third kappa shape index (κ3) is 2.89. The molecule has 0 aliphatic carbocycles. The summed E-state index contributed by atoms with van der Waals surface area (Å²) in [6, 6.07) is 9.60. The molecule has 1 aliphatic rings. The monoisotopic (exact) mass is 351 g/mol. The highest BCUT2D eigenvalue weighted by molar-refractivity contribution is 5.77. The molecule has 3 aromatic rings. The van der Waals surface area contributed by atoms with Gasteiger partial charge in [-0.25, -0.2) is 9.67 Å². The first-order valence-electron chi connectivity index (χ1n) is 8.93. The highest BCUT2D eigenvalue weighted by Gasteiger charge is 2.19. The summed E-state index contributed by atoms with van der Waals surface area (Å²) in [7, 11) is 0. The Hall–Kier alpha value is -2.96. The molecule has 0 radical (unpaired) electrons. The number of likely N-dealkylation sites (tertiary alicyclic amines) is 1. The summed E-state index contributed by atoms with van der Waals surface area (Å²) in [5.74, 6) is 0.697. The van der Waals surface area contributed by atoms with E-state index < -0.39 is 0 Å². The zero-order valence-electron chi connectivity index (χ0n) is 14.8. The molecule has 0 N–H and O–H groups in total. The van der Waals surface area contributed by atoms with E-state index in [0.29, 0.717) is 29.8 Å². The van der Waals surface area contributed by atoms with Gasteiger partial charge < -0.3 is 4.90 Å². The second-order valence-corrected chi connectivity index (χ2v) is 6.58. The molecule has 134 valence electrons. The molecule has 2 aromatic heterocycles. The Morgan fingerprint density at radius 2 is 1.88 bits per heavy atom. The predicted molar refractivity (Wildman–Crippen MR) is 98.3 cm³/mol. The fraction of sp³-hybridized carbons (Fsp3) is 0.368. The summed E-state index contributed by atoms with van der Waals surface area (Å²) >= 11 is 0. The number of aryl methyl sites for hydroxylation is 1. The topological polar surface area (TPSA) is 73.0 Å². The number of fused-ring (bicyclic) bond motifs is 1. The second kappa shape index (κ2) is 6.74. The lowest BCUT2D eigenvalue weighted by atomic mass is 10.3. The van der Waals surface area contributed by atoms with Crippen molar-refractivity contribution in [2.45, 2.75) is 32.7 Å². The van der Waals surface area contributed by atoms with Gasteiger partial charge in [0.25, 0.3) is 5.56 Å². The average molecular weight is 351 g/mol. The van der Waals surface area contributed by atoms with E-state index in [2.05, 4.69) is 10.1 Å². The Bertz CT molecular complexity index is 1000. The van der Waals surface area contributed by atoms with Gasteiger partial charge in [-0.1, -0.05) is 18.2 Å². The van der Waals surface area contributed by atoms with E-state index in [-0.39, 0.29) is 11.5 Å². The molecule has 0 bridgehead atoms. The minimum Gasteiger partial charge on any atom is -0.343 e. The summed E-state index contributed by atoms with van der Waals surface area (Å²) in [5.41, 5.74) is 1.25. The number of nitrogens with zero attached hydrogens (tertiary/aromatic N) is 5. The number of amides is 1. The van der Waals surface area contributed by atoms with Crippen LogP contribution in [0.3, 0.4) is 0 Å². The minimum absolute atomic E-state index is 0.105. The van der Waals surface area contributed by atoms with Gasteiger partial charge in [0.1, 0.15) is 11.2 Å². The van der Waals surface area contributed by atoms with Crippen LogP contribution in [-0.2, 0) is 11.3 Å². The molecule has 0 unspecified atom stereocenters. The maximum atomic E-state index is 12.9. The smallest absolute Gasteiger partial charge is 0.264 e. The van der Waals surface area contributed by atoms with Gasteiger partial charge in [0.2, 0.25) is 5.91 Å². The summed E-state index contributed by atoms with van der Waals surface area (Å²) in [6.45, 7) is 3.80. The predicted octanol–water partition coefficient (Wildman–Crippen LogP) is 1.90. The van der Waals surface area contributed by atoms with Gasteiger partial charge in [0.15, 0.2) is 5.65 Å². The molecular weight excluding hydrogens is 330 g/mol. The fourth-order valence-corrected chi connectivity index (χ4v) is 3.46. The van der Waals surface area contributed by atoms with Crippen molar-refractivity contribution in [2.24, 2.45) is 0 Å². The van der Waals surface area contributed by atoms with Crippen LogP contribution in [0.4, 0.5) is 0 Å². The van der Waals surface area contributed by atoms with Crippen LogP contribution in [0, 0.1) is 6.92 Å². The van der Waals surface area contributed by atoms with Crippen molar-refractivity contribution in [2.75, 3.05) is 13.1 Å². The molecule has 0 saturated carbocycles. The van der Waals surface area contributed by atoms with Crippen molar-refractivity contribution in [3.63, 3.8) is 0 Å². The zero-order chi connectivity index (χ0) is 18.1. The number of carbonyl (C=O) groups excluding carboxylic acids is 1. The van der Waals surface area contributed by atoms with E-state index in [0.717, 1.165) is 31.6 Å². The maximum absolute atomic E-state index is 12.9. The molecule has 1 aliphatic heterocycles. The van der Waals surface area contributed by atoms with E-state index >= 15 is 0 Å². The molecule has 7 nitrogen and oxygen atoms in total.